The Bertz CT molecular complexity index is 1200. The number of carbonyl (C=O) groups is 2. The number of nitrogens with zero attached hydrogens (tertiary/aromatic N) is 4. The van der Waals surface area contributed by atoms with Crippen molar-refractivity contribution in [2.24, 2.45) is 4.99 Å². The zero-order valence-corrected chi connectivity index (χ0v) is 18.8. The van der Waals surface area contributed by atoms with E-state index in [1.54, 1.807) is 33.3 Å². The van der Waals surface area contributed by atoms with Gasteiger partial charge in [-0.3, -0.25) is 9.59 Å². The average Bonchev–Trinajstić information content (AvgIpc) is 3.34. The highest BCUT2D eigenvalue weighted by molar-refractivity contribution is 7.12. The summed E-state index contributed by atoms with van der Waals surface area (Å²) in [5.41, 5.74) is 2.60. The van der Waals surface area contributed by atoms with Crippen molar-refractivity contribution in [3.63, 3.8) is 0 Å². The molecule has 168 valence electrons. The van der Waals surface area contributed by atoms with Crippen LogP contribution in [0, 0.1) is 5.82 Å². The van der Waals surface area contributed by atoms with E-state index in [-0.39, 0.29) is 30.6 Å². The largest absolute Gasteiger partial charge is 0.366 e. The summed E-state index contributed by atoms with van der Waals surface area (Å²) in [4.78, 5) is 37.3. The Labute approximate surface area is 195 Å². The maximum absolute atomic E-state index is 14.1. The Hall–Kier alpha value is -3.52. The fraction of sp³-hybridized carbons (Fsp3) is 0.240. The van der Waals surface area contributed by atoms with Crippen molar-refractivity contribution in [2.45, 2.75) is 6.42 Å². The third-order valence-corrected chi connectivity index (χ3v) is 6.89. The van der Waals surface area contributed by atoms with Gasteiger partial charge < -0.3 is 14.7 Å². The second-order valence-corrected chi connectivity index (χ2v) is 8.95. The molecule has 0 spiro atoms. The standard InChI is InChI=1S/C25H23FN4O2S/c26-18-6-1-3-8-21(18)28-11-13-29(14-12-28)25(32)17-30-22-9-4-2-7-19(22)27-20(16-24(30)31)23-10-5-15-33-23/h1-10,15H,11-14,16-17H2. The van der Waals surface area contributed by atoms with Gasteiger partial charge in [0.25, 0.3) is 0 Å². The molecule has 1 saturated heterocycles. The van der Waals surface area contributed by atoms with Crippen molar-refractivity contribution in [1.29, 1.82) is 0 Å². The van der Waals surface area contributed by atoms with Gasteiger partial charge in [0, 0.05) is 31.1 Å². The van der Waals surface area contributed by atoms with Crippen LogP contribution in [-0.2, 0) is 9.59 Å². The smallest absolute Gasteiger partial charge is 0.242 e. The number of hydrogen-bond donors (Lipinski definition) is 0. The van der Waals surface area contributed by atoms with Gasteiger partial charge in [-0.1, -0.05) is 30.3 Å². The van der Waals surface area contributed by atoms with Gasteiger partial charge in [0.1, 0.15) is 12.4 Å². The predicted molar refractivity (Wildman–Crippen MR) is 129 cm³/mol. The monoisotopic (exact) mass is 462 g/mol. The molecule has 1 aromatic heterocycles. The van der Waals surface area contributed by atoms with Crippen LogP contribution in [0.4, 0.5) is 21.5 Å². The normalized spacial score (nSPS) is 16.3. The first-order valence-corrected chi connectivity index (χ1v) is 11.8. The number of piperazine rings is 1. The number of halogens is 1. The second-order valence-electron chi connectivity index (χ2n) is 8.00. The van der Waals surface area contributed by atoms with Crippen molar-refractivity contribution in [1.82, 2.24) is 4.90 Å². The van der Waals surface area contributed by atoms with Crippen molar-refractivity contribution in [3.05, 3.63) is 76.7 Å². The van der Waals surface area contributed by atoms with Crippen LogP contribution < -0.4 is 9.80 Å². The van der Waals surface area contributed by atoms with Gasteiger partial charge in [-0.25, -0.2) is 9.38 Å². The van der Waals surface area contributed by atoms with E-state index >= 15 is 0 Å². The second kappa shape index (κ2) is 9.15. The molecule has 2 aliphatic rings. The summed E-state index contributed by atoms with van der Waals surface area (Å²) in [5.74, 6) is -0.526. The molecule has 0 atom stereocenters. The van der Waals surface area contributed by atoms with Crippen LogP contribution in [0.3, 0.4) is 0 Å². The lowest BCUT2D eigenvalue weighted by Crippen LogP contribution is -2.52. The zero-order chi connectivity index (χ0) is 22.8. The van der Waals surface area contributed by atoms with Crippen molar-refractivity contribution >= 4 is 45.9 Å². The van der Waals surface area contributed by atoms with Crippen molar-refractivity contribution < 1.29 is 14.0 Å². The zero-order valence-electron chi connectivity index (χ0n) is 18.0. The number of hydrogen-bond acceptors (Lipinski definition) is 5. The highest BCUT2D eigenvalue weighted by Crippen LogP contribution is 2.33. The van der Waals surface area contributed by atoms with Gasteiger partial charge in [-0.15, -0.1) is 11.3 Å². The number of carbonyl (C=O) groups excluding carboxylic acids is 2. The van der Waals surface area contributed by atoms with E-state index in [9.17, 15) is 14.0 Å². The van der Waals surface area contributed by atoms with Crippen molar-refractivity contribution in [3.8, 4) is 0 Å². The molecule has 0 radical (unpaired) electrons. The first kappa shape index (κ1) is 21.3. The van der Waals surface area contributed by atoms with Gasteiger partial charge in [-0.05, 0) is 35.7 Å². The predicted octanol–water partition coefficient (Wildman–Crippen LogP) is 4.09. The number of fused-ring (bicyclic) bond motifs is 1. The number of benzene rings is 2. The van der Waals surface area contributed by atoms with E-state index in [1.165, 1.54) is 6.07 Å². The minimum Gasteiger partial charge on any atom is -0.366 e. The summed E-state index contributed by atoms with van der Waals surface area (Å²) in [6.07, 6.45) is 0.142. The Morgan fingerprint density at radius 1 is 0.939 bits per heavy atom. The molecule has 0 N–H and O–H groups in total. The minimum atomic E-state index is -0.259. The number of para-hydroxylation sites is 3. The molecule has 2 aliphatic heterocycles. The molecule has 0 unspecified atom stereocenters. The maximum Gasteiger partial charge on any atom is 0.242 e. The molecular weight excluding hydrogens is 439 g/mol. The molecular formula is C25H23FN4O2S. The summed E-state index contributed by atoms with van der Waals surface area (Å²) in [7, 11) is 0. The average molecular weight is 463 g/mol. The quantitative estimate of drug-likeness (QED) is 0.587. The van der Waals surface area contributed by atoms with E-state index < -0.39 is 0 Å². The number of thiophene rings is 1. The van der Waals surface area contributed by atoms with Gasteiger partial charge in [-0.2, -0.15) is 0 Å². The fourth-order valence-electron chi connectivity index (χ4n) is 4.24. The lowest BCUT2D eigenvalue weighted by Gasteiger charge is -2.37. The van der Waals surface area contributed by atoms with Crippen LogP contribution in [0.2, 0.25) is 0 Å². The van der Waals surface area contributed by atoms with Gasteiger partial charge in [0.2, 0.25) is 11.8 Å². The molecule has 3 heterocycles. The summed E-state index contributed by atoms with van der Waals surface area (Å²) in [6.45, 7) is 2.01. The highest BCUT2D eigenvalue weighted by Gasteiger charge is 2.30. The molecule has 5 rings (SSSR count). The lowest BCUT2D eigenvalue weighted by molar-refractivity contribution is -0.131. The Kier molecular flexibility index (Phi) is 5.92. The topological polar surface area (TPSA) is 56.2 Å². The Morgan fingerprint density at radius 2 is 1.67 bits per heavy atom. The minimum absolute atomic E-state index is 0.0389. The number of anilines is 2. The molecule has 3 aromatic rings. The Morgan fingerprint density at radius 3 is 2.39 bits per heavy atom. The molecule has 2 aromatic carbocycles. The molecule has 1 fully saturated rings. The van der Waals surface area contributed by atoms with Crippen LogP contribution in [0.25, 0.3) is 0 Å². The Balaban J connectivity index is 1.30. The molecule has 8 heteroatoms. The fourth-order valence-corrected chi connectivity index (χ4v) is 4.96. The SMILES string of the molecule is O=C(CN1C(=O)CC(c2cccs2)=Nc2ccccc21)N1CCN(c2ccccc2F)CC1. The number of rotatable bonds is 4. The van der Waals surface area contributed by atoms with E-state index in [2.05, 4.69) is 0 Å². The first-order valence-electron chi connectivity index (χ1n) is 10.9. The van der Waals surface area contributed by atoms with Crippen LogP contribution in [0.15, 0.2) is 71.0 Å². The van der Waals surface area contributed by atoms with Crippen LogP contribution in [-0.4, -0.2) is 55.1 Å². The molecule has 0 saturated carbocycles. The molecule has 0 aliphatic carbocycles. The summed E-state index contributed by atoms with van der Waals surface area (Å²) < 4.78 is 14.1. The number of amides is 2. The molecule has 33 heavy (non-hydrogen) atoms. The molecule has 0 bridgehead atoms. The first-order chi connectivity index (χ1) is 16.1. The number of aliphatic imine (C=N–C) groups is 1. The van der Waals surface area contributed by atoms with Crippen molar-refractivity contribution in [2.75, 3.05) is 42.5 Å². The van der Waals surface area contributed by atoms with Gasteiger partial charge >= 0.3 is 0 Å². The third-order valence-electron chi connectivity index (χ3n) is 5.97. The van der Waals surface area contributed by atoms with Gasteiger partial charge in [0.15, 0.2) is 0 Å². The summed E-state index contributed by atoms with van der Waals surface area (Å²) >= 11 is 1.54. The lowest BCUT2D eigenvalue weighted by atomic mass is 10.2. The van der Waals surface area contributed by atoms with Gasteiger partial charge in [0.05, 0.1) is 29.2 Å². The van der Waals surface area contributed by atoms with E-state index in [1.807, 2.05) is 52.7 Å². The van der Waals surface area contributed by atoms with Crippen LogP contribution in [0.1, 0.15) is 11.3 Å². The van der Waals surface area contributed by atoms with E-state index in [4.69, 9.17) is 4.99 Å². The highest BCUT2D eigenvalue weighted by atomic mass is 32.1. The van der Waals surface area contributed by atoms with Crippen LogP contribution >= 0.6 is 11.3 Å². The maximum atomic E-state index is 14.1. The summed E-state index contributed by atoms with van der Waals surface area (Å²) in [6, 6.07) is 18.0. The van der Waals surface area contributed by atoms with E-state index in [0.29, 0.717) is 43.2 Å². The molecule has 6 nitrogen and oxygen atoms in total. The third kappa shape index (κ3) is 4.39. The summed E-state index contributed by atoms with van der Waals surface area (Å²) in [5, 5.41) is 1.96. The molecule has 2 amide bonds. The van der Waals surface area contributed by atoms with E-state index in [0.717, 1.165) is 10.6 Å². The van der Waals surface area contributed by atoms with Crippen LogP contribution in [0.5, 0.6) is 0 Å².